The Hall–Kier alpha value is -1.27. The lowest BCUT2D eigenvalue weighted by molar-refractivity contribution is 0.204. The first kappa shape index (κ1) is 15.8. The van der Waals surface area contributed by atoms with E-state index in [1.165, 1.54) is 0 Å². The summed E-state index contributed by atoms with van der Waals surface area (Å²) >= 11 is 4.99. The van der Waals surface area contributed by atoms with Gasteiger partial charge in [0.15, 0.2) is 0 Å². The molecule has 0 unspecified atom stereocenters. The fourth-order valence-corrected chi connectivity index (χ4v) is 1.84. The van der Waals surface area contributed by atoms with Crippen molar-refractivity contribution in [3.8, 4) is 0 Å². The minimum absolute atomic E-state index is 0.294. The number of thiocarbonyl (C=S) groups is 1. The van der Waals surface area contributed by atoms with Gasteiger partial charge in [-0.2, -0.15) is 0 Å². The number of aromatic nitrogens is 2. The molecule has 19 heavy (non-hydrogen) atoms. The molecule has 2 N–H and O–H groups in total. The highest BCUT2D eigenvalue weighted by molar-refractivity contribution is 7.80. The van der Waals surface area contributed by atoms with Gasteiger partial charge in [-0.3, -0.25) is 0 Å². The topological polar surface area (TPSA) is 64.3 Å². The molecule has 106 valence electrons. The summed E-state index contributed by atoms with van der Waals surface area (Å²) in [5, 5.41) is 0. The van der Waals surface area contributed by atoms with E-state index in [4.69, 9.17) is 22.7 Å². The normalized spacial score (nSPS) is 10.8. The Morgan fingerprint density at radius 1 is 1.47 bits per heavy atom. The third-order valence-corrected chi connectivity index (χ3v) is 2.74. The van der Waals surface area contributed by atoms with Crippen LogP contribution in [0.4, 0.5) is 5.95 Å². The summed E-state index contributed by atoms with van der Waals surface area (Å²) in [6.07, 6.45) is 0. The van der Waals surface area contributed by atoms with Crippen LogP contribution in [-0.2, 0) is 4.74 Å². The summed E-state index contributed by atoms with van der Waals surface area (Å²) in [6.45, 7) is 8.47. The molecule has 5 nitrogen and oxygen atoms in total. The first-order valence-corrected chi connectivity index (χ1v) is 6.74. The van der Waals surface area contributed by atoms with Crippen molar-refractivity contribution in [3.63, 3.8) is 0 Å². The number of hydrogen-bond donors (Lipinski definition) is 1. The summed E-state index contributed by atoms with van der Waals surface area (Å²) in [4.78, 5) is 11.3. The standard InChI is InChI=1S/C13H22N4OS/c1-9(2)8-17(5-6-18-4)13-15-10(3)7-11(16-13)12(14)19/h7,9H,5-6,8H2,1-4H3,(H2,14,19). The van der Waals surface area contributed by atoms with Gasteiger partial charge in [0.2, 0.25) is 5.95 Å². The van der Waals surface area contributed by atoms with Gasteiger partial charge in [-0.1, -0.05) is 26.1 Å². The summed E-state index contributed by atoms with van der Waals surface area (Å²) in [5.41, 5.74) is 7.13. The molecular formula is C13H22N4OS. The summed E-state index contributed by atoms with van der Waals surface area (Å²) in [7, 11) is 1.69. The highest BCUT2D eigenvalue weighted by Gasteiger charge is 2.13. The lowest BCUT2D eigenvalue weighted by atomic mass is 10.2. The fraction of sp³-hybridized carbons (Fsp3) is 0.615. The quantitative estimate of drug-likeness (QED) is 0.765. The van der Waals surface area contributed by atoms with E-state index in [0.717, 1.165) is 18.8 Å². The molecule has 6 heteroatoms. The predicted octanol–water partition coefficient (Wildman–Crippen LogP) is 1.53. The third kappa shape index (κ3) is 5.08. The zero-order valence-corrected chi connectivity index (χ0v) is 12.8. The maximum Gasteiger partial charge on any atom is 0.226 e. The monoisotopic (exact) mass is 282 g/mol. The first-order chi connectivity index (χ1) is 8.93. The van der Waals surface area contributed by atoms with Gasteiger partial charge in [-0.25, -0.2) is 9.97 Å². The van der Waals surface area contributed by atoms with Crippen LogP contribution in [0.15, 0.2) is 6.07 Å². The Labute approximate surface area is 120 Å². The summed E-state index contributed by atoms with van der Waals surface area (Å²) in [6, 6.07) is 1.80. The number of rotatable bonds is 7. The van der Waals surface area contributed by atoms with E-state index in [1.807, 2.05) is 6.92 Å². The molecular weight excluding hydrogens is 260 g/mol. The van der Waals surface area contributed by atoms with Crippen LogP contribution in [0.5, 0.6) is 0 Å². The van der Waals surface area contributed by atoms with E-state index in [2.05, 4.69) is 28.7 Å². The third-order valence-electron chi connectivity index (χ3n) is 2.53. The van der Waals surface area contributed by atoms with Crippen LogP contribution in [0.1, 0.15) is 25.2 Å². The van der Waals surface area contributed by atoms with Crippen LogP contribution in [0.25, 0.3) is 0 Å². The Balaban J connectivity index is 3.02. The minimum Gasteiger partial charge on any atom is -0.388 e. The second-order valence-corrected chi connectivity index (χ2v) is 5.33. The molecule has 1 heterocycles. The molecule has 0 aliphatic carbocycles. The number of hydrogen-bond acceptors (Lipinski definition) is 5. The van der Waals surface area contributed by atoms with E-state index in [-0.39, 0.29) is 0 Å². The Bertz CT molecular complexity index is 437. The predicted molar refractivity (Wildman–Crippen MR) is 81.6 cm³/mol. The molecule has 0 aromatic carbocycles. The van der Waals surface area contributed by atoms with Crippen molar-refractivity contribution in [1.29, 1.82) is 0 Å². The molecule has 0 bridgehead atoms. The Morgan fingerprint density at radius 2 is 2.16 bits per heavy atom. The molecule has 0 spiro atoms. The van der Waals surface area contributed by atoms with Crippen LogP contribution in [-0.4, -0.2) is 41.8 Å². The molecule has 0 aliphatic rings. The zero-order chi connectivity index (χ0) is 14.4. The van der Waals surface area contributed by atoms with Gasteiger partial charge in [0.25, 0.3) is 0 Å². The first-order valence-electron chi connectivity index (χ1n) is 6.33. The number of nitrogens with zero attached hydrogens (tertiary/aromatic N) is 3. The van der Waals surface area contributed by atoms with E-state index < -0.39 is 0 Å². The number of aryl methyl sites for hydroxylation is 1. The lowest BCUT2D eigenvalue weighted by Crippen LogP contribution is -2.33. The molecule has 1 rings (SSSR count). The molecule has 0 radical (unpaired) electrons. The molecule has 0 fully saturated rings. The van der Waals surface area contributed by atoms with Crippen LogP contribution in [0.3, 0.4) is 0 Å². The number of methoxy groups -OCH3 is 1. The molecule has 1 aromatic rings. The van der Waals surface area contributed by atoms with Gasteiger partial charge >= 0.3 is 0 Å². The van der Waals surface area contributed by atoms with Crippen molar-refractivity contribution >= 4 is 23.2 Å². The summed E-state index contributed by atoms with van der Waals surface area (Å²) in [5.74, 6) is 1.17. The van der Waals surface area contributed by atoms with Gasteiger partial charge in [0, 0.05) is 25.9 Å². The van der Waals surface area contributed by atoms with E-state index >= 15 is 0 Å². The largest absolute Gasteiger partial charge is 0.388 e. The zero-order valence-electron chi connectivity index (χ0n) is 12.0. The van der Waals surface area contributed by atoms with E-state index in [0.29, 0.717) is 29.2 Å². The van der Waals surface area contributed by atoms with Crippen LogP contribution >= 0.6 is 12.2 Å². The van der Waals surface area contributed by atoms with Crippen LogP contribution in [0.2, 0.25) is 0 Å². The van der Waals surface area contributed by atoms with Gasteiger partial charge < -0.3 is 15.4 Å². The minimum atomic E-state index is 0.294. The number of ether oxygens (including phenoxy) is 1. The molecule has 0 aliphatic heterocycles. The molecule has 0 amide bonds. The number of anilines is 1. The van der Waals surface area contributed by atoms with Gasteiger partial charge in [-0.05, 0) is 18.9 Å². The summed E-state index contributed by atoms with van der Waals surface area (Å²) < 4.78 is 5.14. The van der Waals surface area contributed by atoms with Gasteiger partial charge in [-0.15, -0.1) is 0 Å². The van der Waals surface area contributed by atoms with Gasteiger partial charge in [0.05, 0.1) is 6.61 Å². The highest BCUT2D eigenvalue weighted by Crippen LogP contribution is 2.12. The maximum atomic E-state index is 5.65. The molecule has 0 saturated carbocycles. The van der Waals surface area contributed by atoms with Crippen molar-refractivity contribution in [2.45, 2.75) is 20.8 Å². The number of nitrogens with two attached hydrogens (primary N) is 1. The smallest absolute Gasteiger partial charge is 0.226 e. The van der Waals surface area contributed by atoms with Crippen molar-refractivity contribution in [2.24, 2.45) is 11.7 Å². The average molecular weight is 282 g/mol. The van der Waals surface area contributed by atoms with Gasteiger partial charge in [0.1, 0.15) is 10.7 Å². The molecule has 1 aromatic heterocycles. The fourth-order valence-electron chi connectivity index (χ4n) is 1.74. The molecule has 0 atom stereocenters. The highest BCUT2D eigenvalue weighted by atomic mass is 32.1. The van der Waals surface area contributed by atoms with Crippen molar-refractivity contribution < 1.29 is 4.74 Å². The second-order valence-electron chi connectivity index (χ2n) is 4.89. The van der Waals surface area contributed by atoms with Crippen molar-refractivity contribution in [3.05, 3.63) is 17.5 Å². The average Bonchev–Trinajstić information content (AvgIpc) is 2.33. The Morgan fingerprint density at radius 3 is 2.68 bits per heavy atom. The van der Waals surface area contributed by atoms with Crippen molar-refractivity contribution in [1.82, 2.24) is 9.97 Å². The van der Waals surface area contributed by atoms with E-state index in [9.17, 15) is 0 Å². The van der Waals surface area contributed by atoms with E-state index in [1.54, 1.807) is 13.2 Å². The second kappa shape index (κ2) is 7.35. The maximum absolute atomic E-state index is 5.65. The lowest BCUT2D eigenvalue weighted by Gasteiger charge is -2.24. The molecule has 0 saturated heterocycles. The van der Waals surface area contributed by atoms with Crippen molar-refractivity contribution in [2.75, 3.05) is 31.7 Å². The van der Waals surface area contributed by atoms with Crippen LogP contribution < -0.4 is 10.6 Å². The Kier molecular flexibility index (Phi) is 6.11. The van der Waals surface area contributed by atoms with Crippen LogP contribution in [0, 0.1) is 12.8 Å². The SMILES string of the molecule is COCCN(CC(C)C)c1nc(C)cc(C(N)=S)n1.